The highest BCUT2D eigenvalue weighted by atomic mass is 19.3. The average Bonchev–Trinajstić information content (AvgIpc) is 3.04. The molecule has 0 radical (unpaired) electrons. The molecule has 0 amide bonds. The first-order chi connectivity index (χ1) is 12.4. The molecule has 1 aromatic heterocycles. The topological polar surface area (TPSA) is 41.3 Å². The summed E-state index contributed by atoms with van der Waals surface area (Å²) in [6.45, 7) is 0.525. The Hall–Kier alpha value is -2.77. The Labute approximate surface area is 146 Å². The number of aromatic nitrogens is 2. The summed E-state index contributed by atoms with van der Waals surface area (Å²) in [4.78, 5) is 1.87. The molecular weight excluding hydrogens is 350 g/mol. The van der Waals surface area contributed by atoms with Gasteiger partial charge >= 0.3 is 0 Å². The number of fused-ring (bicyclic) bond motifs is 1. The first kappa shape index (κ1) is 16.7. The van der Waals surface area contributed by atoms with Crippen molar-refractivity contribution in [3.63, 3.8) is 0 Å². The predicted molar refractivity (Wildman–Crippen MR) is 89.0 cm³/mol. The standard InChI is InChI=1S/C18H15F4N3O/c19-14-9-11-10-23-25(16(11)15(20)17(14)26)13-3-1-12(2-4-13)24-7-5-18(21,22)6-8-24/h1-4,9-10,26H,5-8H2. The number of piperidine rings is 1. The summed E-state index contributed by atoms with van der Waals surface area (Å²) in [6.07, 6.45) is 0.935. The molecule has 0 aliphatic carbocycles. The quantitative estimate of drug-likeness (QED) is 0.691. The molecule has 0 spiro atoms. The van der Waals surface area contributed by atoms with Crippen molar-refractivity contribution in [3.8, 4) is 11.4 Å². The molecule has 1 fully saturated rings. The molecule has 4 nitrogen and oxygen atoms in total. The van der Waals surface area contributed by atoms with E-state index in [-0.39, 0.29) is 36.8 Å². The van der Waals surface area contributed by atoms with Gasteiger partial charge in [-0.3, -0.25) is 0 Å². The highest BCUT2D eigenvalue weighted by Gasteiger charge is 2.34. The summed E-state index contributed by atoms with van der Waals surface area (Å²) in [6, 6.07) is 7.85. The second-order valence-corrected chi connectivity index (χ2v) is 6.37. The van der Waals surface area contributed by atoms with Crippen molar-refractivity contribution >= 4 is 16.6 Å². The Bertz CT molecular complexity index is 959. The van der Waals surface area contributed by atoms with Crippen LogP contribution >= 0.6 is 0 Å². The Kier molecular flexibility index (Phi) is 3.78. The van der Waals surface area contributed by atoms with E-state index in [9.17, 15) is 22.7 Å². The fraction of sp³-hybridized carbons (Fsp3) is 0.278. The monoisotopic (exact) mass is 365 g/mol. The second-order valence-electron chi connectivity index (χ2n) is 6.37. The number of anilines is 1. The molecule has 136 valence electrons. The van der Waals surface area contributed by atoms with Crippen molar-refractivity contribution in [1.29, 1.82) is 0 Å². The van der Waals surface area contributed by atoms with Gasteiger partial charge in [0.05, 0.1) is 11.9 Å². The van der Waals surface area contributed by atoms with E-state index in [0.717, 1.165) is 11.8 Å². The van der Waals surface area contributed by atoms with E-state index in [4.69, 9.17) is 0 Å². The van der Waals surface area contributed by atoms with Crippen LogP contribution in [0, 0.1) is 11.6 Å². The van der Waals surface area contributed by atoms with E-state index in [1.807, 2.05) is 4.90 Å². The normalized spacial score (nSPS) is 17.0. The highest BCUT2D eigenvalue weighted by Crippen LogP contribution is 2.32. The maximum atomic E-state index is 14.3. The van der Waals surface area contributed by atoms with Crippen LogP contribution in [0.15, 0.2) is 36.5 Å². The molecule has 0 unspecified atom stereocenters. The average molecular weight is 365 g/mol. The third-order valence-corrected chi connectivity index (χ3v) is 4.68. The van der Waals surface area contributed by atoms with E-state index in [0.29, 0.717) is 5.69 Å². The second kappa shape index (κ2) is 5.89. The van der Waals surface area contributed by atoms with Crippen molar-refractivity contribution in [3.05, 3.63) is 48.2 Å². The summed E-state index contributed by atoms with van der Waals surface area (Å²) < 4.78 is 55.5. The molecular formula is C18H15F4N3O. The molecule has 3 aromatic rings. The Balaban J connectivity index is 1.66. The van der Waals surface area contributed by atoms with Crippen LogP contribution in [0.1, 0.15) is 12.8 Å². The number of hydrogen-bond donors (Lipinski definition) is 1. The predicted octanol–water partition coefficient (Wildman–Crippen LogP) is 4.24. The Morgan fingerprint density at radius 2 is 1.62 bits per heavy atom. The summed E-state index contributed by atoms with van der Waals surface area (Å²) >= 11 is 0. The summed E-state index contributed by atoms with van der Waals surface area (Å²) in [5, 5.41) is 13.8. The van der Waals surface area contributed by atoms with Gasteiger partial charge in [0, 0.05) is 37.0 Å². The molecule has 0 saturated carbocycles. The number of phenolic OH excluding ortho intramolecular Hbond substituents is 1. The molecule has 2 heterocycles. The Morgan fingerprint density at radius 3 is 2.27 bits per heavy atom. The highest BCUT2D eigenvalue weighted by molar-refractivity contribution is 5.82. The number of benzene rings is 2. The van der Waals surface area contributed by atoms with Crippen LogP contribution in [-0.2, 0) is 0 Å². The van der Waals surface area contributed by atoms with Gasteiger partial charge in [-0.05, 0) is 30.3 Å². The van der Waals surface area contributed by atoms with Crippen molar-refractivity contribution in [1.82, 2.24) is 9.78 Å². The molecule has 1 N–H and O–H groups in total. The maximum Gasteiger partial charge on any atom is 0.251 e. The minimum atomic E-state index is -2.61. The van der Waals surface area contributed by atoms with Crippen LogP contribution in [0.4, 0.5) is 23.2 Å². The molecule has 1 aliphatic heterocycles. The summed E-state index contributed by atoms with van der Waals surface area (Å²) in [5.74, 6) is -5.80. The van der Waals surface area contributed by atoms with E-state index in [1.54, 1.807) is 24.3 Å². The number of nitrogens with zero attached hydrogens (tertiary/aromatic N) is 3. The number of rotatable bonds is 2. The minimum absolute atomic E-state index is 0.0331. The smallest absolute Gasteiger partial charge is 0.251 e. The number of alkyl halides is 2. The van der Waals surface area contributed by atoms with Crippen LogP contribution in [0.25, 0.3) is 16.6 Å². The van der Waals surface area contributed by atoms with E-state index in [2.05, 4.69) is 5.10 Å². The van der Waals surface area contributed by atoms with Gasteiger partial charge in [-0.15, -0.1) is 0 Å². The number of hydrogen-bond acceptors (Lipinski definition) is 3. The lowest BCUT2D eigenvalue weighted by molar-refractivity contribution is -0.0220. The molecule has 8 heteroatoms. The van der Waals surface area contributed by atoms with Gasteiger partial charge in [-0.2, -0.15) is 5.10 Å². The van der Waals surface area contributed by atoms with Crippen LogP contribution in [0.3, 0.4) is 0 Å². The zero-order chi connectivity index (χ0) is 18.5. The zero-order valence-corrected chi connectivity index (χ0v) is 13.6. The van der Waals surface area contributed by atoms with Crippen LogP contribution < -0.4 is 4.90 Å². The van der Waals surface area contributed by atoms with E-state index in [1.165, 1.54) is 10.9 Å². The summed E-state index contributed by atoms with van der Waals surface area (Å²) in [7, 11) is 0. The zero-order valence-electron chi connectivity index (χ0n) is 13.6. The lowest BCUT2D eigenvalue weighted by Gasteiger charge is -2.33. The minimum Gasteiger partial charge on any atom is -0.503 e. The van der Waals surface area contributed by atoms with Crippen LogP contribution in [0.2, 0.25) is 0 Å². The molecule has 0 bridgehead atoms. The number of phenols is 1. The van der Waals surface area contributed by atoms with Crippen molar-refractivity contribution < 1.29 is 22.7 Å². The van der Waals surface area contributed by atoms with E-state index >= 15 is 0 Å². The van der Waals surface area contributed by atoms with Gasteiger partial charge in [0.25, 0.3) is 5.92 Å². The largest absolute Gasteiger partial charge is 0.503 e. The van der Waals surface area contributed by atoms with Crippen molar-refractivity contribution in [2.45, 2.75) is 18.8 Å². The van der Waals surface area contributed by atoms with Gasteiger partial charge in [-0.25, -0.2) is 22.2 Å². The lowest BCUT2D eigenvalue weighted by atomic mass is 10.1. The number of aromatic hydroxyl groups is 1. The van der Waals surface area contributed by atoms with Crippen LogP contribution in [0.5, 0.6) is 5.75 Å². The third kappa shape index (κ3) is 2.75. The SMILES string of the molecule is Oc1c(F)cc2cnn(-c3ccc(N4CCC(F)(F)CC4)cc3)c2c1F. The van der Waals surface area contributed by atoms with E-state index < -0.39 is 23.3 Å². The van der Waals surface area contributed by atoms with Gasteiger partial charge in [0.15, 0.2) is 17.4 Å². The number of halogens is 4. The van der Waals surface area contributed by atoms with Crippen molar-refractivity contribution in [2.24, 2.45) is 0 Å². The van der Waals surface area contributed by atoms with Gasteiger partial charge in [0.1, 0.15) is 5.52 Å². The molecule has 1 aliphatic rings. The maximum absolute atomic E-state index is 14.3. The lowest BCUT2D eigenvalue weighted by Crippen LogP contribution is -2.39. The molecule has 26 heavy (non-hydrogen) atoms. The Morgan fingerprint density at radius 1 is 1.00 bits per heavy atom. The van der Waals surface area contributed by atoms with Crippen LogP contribution in [-0.4, -0.2) is 33.9 Å². The summed E-state index contributed by atoms with van der Waals surface area (Å²) in [5.41, 5.74) is 1.26. The van der Waals surface area contributed by atoms with Gasteiger partial charge in [0.2, 0.25) is 0 Å². The first-order valence-corrected chi connectivity index (χ1v) is 8.14. The molecule has 4 rings (SSSR count). The molecule has 0 atom stereocenters. The fourth-order valence-electron chi connectivity index (χ4n) is 3.20. The van der Waals surface area contributed by atoms with Gasteiger partial charge in [-0.1, -0.05) is 0 Å². The van der Waals surface area contributed by atoms with Crippen molar-refractivity contribution in [2.75, 3.05) is 18.0 Å². The molecule has 2 aromatic carbocycles. The third-order valence-electron chi connectivity index (χ3n) is 4.68. The fourth-order valence-corrected chi connectivity index (χ4v) is 3.20. The molecule has 1 saturated heterocycles. The first-order valence-electron chi connectivity index (χ1n) is 8.14. The van der Waals surface area contributed by atoms with Gasteiger partial charge < -0.3 is 10.0 Å².